The van der Waals surface area contributed by atoms with Crippen LogP contribution >= 0.6 is 0 Å². The third-order valence-corrected chi connectivity index (χ3v) is 2.98. The third kappa shape index (κ3) is 3.72. The van der Waals surface area contributed by atoms with Crippen LogP contribution in [0, 0.1) is 0 Å². The maximum atomic E-state index is 11.0. The summed E-state index contributed by atoms with van der Waals surface area (Å²) in [6.07, 6.45) is 0. The molecule has 0 bridgehead atoms. The van der Waals surface area contributed by atoms with Gasteiger partial charge in [0.2, 0.25) is 11.2 Å². The minimum atomic E-state index is -0.258. The first-order valence-corrected chi connectivity index (χ1v) is 6.28. The number of amides is 1. The topological polar surface area (TPSA) is 91.7 Å². The molecular weight excluding hydrogens is 252 g/mol. The number of aliphatic hydroxyl groups excluding tert-OH is 1. The van der Waals surface area contributed by atoms with Gasteiger partial charge in [0.25, 0.3) is 5.69 Å². The summed E-state index contributed by atoms with van der Waals surface area (Å²) >= 11 is 0. The van der Waals surface area contributed by atoms with Crippen LogP contribution in [0.5, 0.6) is 0 Å². The summed E-state index contributed by atoms with van der Waals surface area (Å²) in [5.74, 6) is -0.0526. The second kappa shape index (κ2) is 6.60. The van der Waals surface area contributed by atoms with Crippen LogP contribution < -0.4 is 10.00 Å². The van der Waals surface area contributed by atoms with Crippen LogP contribution in [0.3, 0.4) is 0 Å². The Morgan fingerprint density at radius 2 is 2.26 bits per heavy atom. The molecule has 2 N–H and O–H groups in total. The maximum Gasteiger partial charge on any atom is 0.308 e. The molecule has 0 atom stereocenters. The number of aromatic nitrogens is 2. The van der Waals surface area contributed by atoms with Gasteiger partial charge in [-0.1, -0.05) is 0 Å². The molecule has 1 aliphatic heterocycles. The first-order chi connectivity index (χ1) is 9.20. The van der Waals surface area contributed by atoms with Crippen molar-refractivity contribution in [2.24, 2.45) is 0 Å². The number of hydrogen-bond acceptors (Lipinski definition) is 6. The molecular formula is C11H19N4O4+. The van der Waals surface area contributed by atoms with Gasteiger partial charge in [-0.15, -0.1) is 0 Å². The van der Waals surface area contributed by atoms with E-state index in [1.54, 1.807) is 4.68 Å². The number of carbonyl (C=O) groups is 1. The molecule has 106 valence electrons. The van der Waals surface area contributed by atoms with Crippen molar-refractivity contribution in [1.29, 1.82) is 0 Å². The predicted octanol–water partition coefficient (Wildman–Crippen LogP) is -1.25. The van der Waals surface area contributed by atoms with E-state index in [1.807, 2.05) is 0 Å². The lowest BCUT2D eigenvalue weighted by Gasteiger charge is -2.24. The van der Waals surface area contributed by atoms with Crippen LogP contribution in [0.1, 0.15) is 12.6 Å². The highest BCUT2D eigenvalue weighted by atomic mass is 16.5. The molecule has 1 saturated heterocycles. The van der Waals surface area contributed by atoms with Gasteiger partial charge in [0, 0.05) is 20.0 Å². The highest BCUT2D eigenvalue weighted by molar-refractivity contribution is 5.87. The minimum absolute atomic E-state index is 0.206. The second-order valence-electron chi connectivity index (χ2n) is 4.37. The predicted molar refractivity (Wildman–Crippen MR) is 64.2 cm³/mol. The van der Waals surface area contributed by atoms with Gasteiger partial charge in [0.15, 0.2) is 6.54 Å². The van der Waals surface area contributed by atoms with Gasteiger partial charge in [-0.3, -0.25) is 19.5 Å². The Morgan fingerprint density at radius 1 is 1.53 bits per heavy atom. The number of aliphatic hydroxyl groups is 1. The Hall–Kier alpha value is -1.51. The van der Waals surface area contributed by atoms with E-state index in [-0.39, 0.29) is 18.4 Å². The van der Waals surface area contributed by atoms with Crippen LogP contribution in [0.25, 0.3) is 0 Å². The van der Waals surface area contributed by atoms with Crippen LogP contribution in [0.4, 0.5) is 5.88 Å². The molecule has 1 aliphatic rings. The van der Waals surface area contributed by atoms with E-state index in [9.17, 15) is 9.90 Å². The van der Waals surface area contributed by atoms with E-state index >= 15 is 0 Å². The van der Waals surface area contributed by atoms with Gasteiger partial charge in [-0.25, -0.2) is 0 Å². The number of hydrogen-bond donors (Lipinski definition) is 2. The zero-order valence-corrected chi connectivity index (χ0v) is 11.0. The summed E-state index contributed by atoms with van der Waals surface area (Å²) in [6.45, 7) is 5.81. The molecule has 8 heteroatoms. The summed E-state index contributed by atoms with van der Waals surface area (Å²) in [4.78, 5) is 13.2. The van der Waals surface area contributed by atoms with Gasteiger partial charge < -0.3 is 9.84 Å². The molecule has 19 heavy (non-hydrogen) atoms. The van der Waals surface area contributed by atoms with E-state index in [1.165, 1.54) is 6.92 Å². The smallest absolute Gasteiger partial charge is 0.308 e. The van der Waals surface area contributed by atoms with E-state index < -0.39 is 0 Å². The van der Waals surface area contributed by atoms with E-state index in [0.717, 1.165) is 32.8 Å². The number of nitrogens with one attached hydrogen (secondary N) is 1. The fourth-order valence-corrected chi connectivity index (χ4v) is 1.95. The standard InChI is InChI=1S/C11H18N4O4/c1-9(17)12-11-10(8-16)15(13-19-11)3-2-14-4-6-18-7-5-14/h16H,2-8H2,1H3/p+1. The molecule has 0 saturated carbocycles. The summed E-state index contributed by atoms with van der Waals surface area (Å²) in [5.41, 5.74) is 0.475. The van der Waals surface area contributed by atoms with E-state index in [4.69, 9.17) is 9.26 Å². The van der Waals surface area contributed by atoms with Gasteiger partial charge in [0.1, 0.15) is 6.61 Å². The van der Waals surface area contributed by atoms with E-state index in [0.29, 0.717) is 12.2 Å². The van der Waals surface area contributed by atoms with Crippen molar-refractivity contribution in [2.45, 2.75) is 20.1 Å². The van der Waals surface area contributed by atoms with Crippen molar-refractivity contribution in [3.8, 4) is 0 Å². The zero-order valence-electron chi connectivity index (χ0n) is 11.0. The quantitative estimate of drug-likeness (QED) is 0.650. The van der Waals surface area contributed by atoms with Crippen molar-refractivity contribution < 1.29 is 23.8 Å². The van der Waals surface area contributed by atoms with Crippen molar-refractivity contribution >= 4 is 11.8 Å². The number of anilines is 1. The SMILES string of the molecule is CC(=O)Nc1on[n+](CCN2CCOCC2)c1CO. The average Bonchev–Trinajstić information content (AvgIpc) is 2.78. The Kier molecular flexibility index (Phi) is 4.83. The molecule has 1 aromatic heterocycles. The summed E-state index contributed by atoms with van der Waals surface area (Å²) in [7, 11) is 0. The lowest BCUT2D eigenvalue weighted by atomic mass is 10.4. The van der Waals surface area contributed by atoms with E-state index in [2.05, 4.69) is 15.5 Å². The number of rotatable bonds is 5. The Morgan fingerprint density at radius 3 is 2.89 bits per heavy atom. The summed E-state index contributed by atoms with van der Waals surface area (Å²) in [5, 5.41) is 15.7. The highest BCUT2D eigenvalue weighted by Gasteiger charge is 2.25. The molecule has 8 nitrogen and oxygen atoms in total. The lowest BCUT2D eigenvalue weighted by molar-refractivity contribution is -0.768. The molecule has 1 amide bonds. The van der Waals surface area contributed by atoms with Crippen molar-refractivity contribution in [3.05, 3.63) is 5.69 Å². The minimum Gasteiger partial charge on any atom is -0.385 e. The molecule has 1 aromatic rings. The molecule has 0 unspecified atom stereocenters. The summed E-state index contributed by atoms with van der Waals surface area (Å²) in [6, 6.07) is 0. The largest absolute Gasteiger partial charge is 0.385 e. The van der Waals surface area contributed by atoms with Gasteiger partial charge in [-0.2, -0.15) is 0 Å². The molecule has 0 aliphatic carbocycles. The first kappa shape index (κ1) is 13.9. The molecule has 1 fully saturated rings. The Labute approximate surface area is 110 Å². The van der Waals surface area contributed by atoms with Crippen LogP contribution in [-0.2, 0) is 22.7 Å². The lowest BCUT2D eigenvalue weighted by Crippen LogP contribution is -2.47. The Balaban J connectivity index is 1.95. The van der Waals surface area contributed by atoms with Crippen LogP contribution in [0.15, 0.2) is 4.52 Å². The zero-order chi connectivity index (χ0) is 13.7. The molecule has 2 heterocycles. The van der Waals surface area contributed by atoms with Crippen molar-refractivity contribution in [2.75, 3.05) is 38.2 Å². The normalized spacial score (nSPS) is 16.5. The van der Waals surface area contributed by atoms with Crippen molar-refractivity contribution in [3.63, 3.8) is 0 Å². The molecule has 0 aromatic carbocycles. The maximum absolute atomic E-state index is 11.0. The molecule has 0 spiro atoms. The monoisotopic (exact) mass is 271 g/mol. The number of nitrogens with zero attached hydrogens (tertiary/aromatic N) is 3. The van der Waals surface area contributed by atoms with Gasteiger partial charge >= 0.3 is 5.88 Å². The Bertz CT molecular complexity index is 428. The van der Waals surface area contributed by atoms with Crippen LogP contribution in [0.2, 0.25) is 0 Å². The fraction of sp³-hybridized carbons (Fsp3) is 0.727. The molecule has 2 rings (SSSR count). The van der Waals surface area contributed by atoms with Gasteiger partial charge in [-0.05, 0) is 4.68 Å². The first-order valence-electron chi connectivity index (χ1n) is 6.28. The number of ether oxygens (including phenoxy) is 1. The summed E-state index contributed by atoms with van der Waals surface area (Å²) < 4.78 is 11.9. The second-order valence-corrected chi connectivity index (χ2v) is 4.37. The number of carbonyl (C=O) groups excluding carboxylic acids is 1. The number of morpholine rings is 1. The highest BCUT2D eigenvalue weighted by Crippen LogP contribution is 2.09. The average molecular weight is 271 g/mol. The van der Waals surface area contributed by atoms with Crippen molar-refractivity contribution in [1.82, 2.24) is 10.2 Å². The van der Waals surface area contributed by atoms with Crippen LogP contribution in [-0.4, -0.2) is 54.0 Å². The van der Waals surface area contributed by atoms with Gasteiger partial charge in [0.05, 0.1) is 19.8 Å². The fourth-order valence-electron chi connectivity index (χ4n) is 1.95. The molecule has 0 radical (unpaired) electrons. The third-order valence-electron chi connectivity index (χ3n) is 2.98.